The van der Waals surface area contributed by atoms with Gasteiger partial charge in [0, 0.05) is 0 Å². The van der Waals surface area contributed by atoms with Crippen LogP contribution in [0.1, 0.15) is 33.4 Å². The molecule has 0 N–H and O–H groups in total. The van der Waals surface area contributed by atoms with Crippen molar-refractivity contribution in [3.8, 4) is 0 Å². The highest BCUT2D eigenvalue weighted by molar-refractivity contribution is 6.10. The summed E-state index contributed by atoms with van der Waals surface area (Å²) in [5, 5.41) is 5.60. The van der Waals surface area contributed by atoms with Crippen LogP contribution in [0.2, 0.25) is 0 Å². The van der Waals surface area contributed by atoms with Gasteiger partial charge in [0.2, 0.25) is 0 Å². The molecule has 0 spiro atoms. The molecule has 0 aliphatic heterocycles. The van der Waals surface area contributed by atoms with Crippen molar-refractivity contribution < 1.29 is 0 Å². The van der Waals surface area contributed by atoms with Crippen molar-refractivity contribution in [3.63, 3.8) is 0 Å². The van der Waals surface area contributed by atoms with Gasteiger partial charge in [0.05, 0.1) is 0 Å². The van der Waals surface area contributed by atoms with E-state index in [9.17, 15) is 0 Å². The molecular weight excluding hydrogens is 384 g/mol. The van der Waals surface area contributed by atoms with Crippen molar-refractivity contribution >= 4 is 21.5 Å². The molecule has 0 saturated carbocycles. The molecular formula is C32H28. The van der Waals surface area contributed by atoms with Gasteiger partial charge >= 0.3 is 0 Å². The fourth-order valence-corrected chi connectivity index (χ4v) is 5.28. The maximum Gasteiger partial charge on any atom is -0.00704 e. The minimum Gasteiger partial charge on any atom is -0.0616 e. The Kier molecular flexibility index (Phi) is 5.00. The lowest BCUT2D eigenvalue weighted by Gasteiger charge is -2.15. The van der Waals surface area contributed by atoms with Crippen LogP contribution >= 0.6 is 0 Å². The van der Waals surface area contributed by atoms with Gasteiger partial charge in [0.15, 0.2) is 0 Å². The predicted octanol–water partition coefficient (Wildman–Crippen LogP) is 7.66. The maximum absolute atomic E-state index is 2.39. The lowest BCUT2D eigenvalue weighted by atomic mass is 9.89. The molecule has 156 valence electrons. The Morgan fingerprint density at radius 2 is 0.844 bits per heavy atom. The van der Waals surface area contributed by atoms with Crippen molar-refractivity contribution in [2.24, 2.45) is 0 Å². The average molecular weight is 413 g/mol. The van der Waals surface area contributed by atoms with Crippen molar-refractivity contribution in [3.05, 3.63) is 130 Å². The van der Waals surface area contributed by atoms with Gasteiger partial charge in [-0.2, -0.15) is 0 Å². The topological polar surface area (TPSA) is 0 Å². The molecule has 6 aliphatic carbocycles. The molecule has 0 heterocycles. The summed E-state index contributed by atoms with van der Waals surface area (Å²) in [6.45, 7) is 0. The molecule has 0 amide bonds. The van der Waals surface area contributed by atoms with Crippen LogP contribution in [0.5, 0.6) is 0 Å². The Labute approximate surface area is 190 Å². The number of rotatable bonds is 0. The van der Waals surface area contributed by atoms with Gasteiger partial charge in [-0.1, -0.05) is 97.1 Å². The minimum atomic E-state index is 1.07. The molecule has 0 heteroatoms. The second-order valence-corrected chi connectivity index (χ2v) is 9.23. The molecule has 32 heavy (non-hydrogen) atoms. The van der Waals surface area contributed by atoms with E-state index in [0.29, 0.717) is 0 Å². The van der Waals surface area contributed by atoms with Gasteiger partial charge in [-0.25, -0.2) is 0 Å². The van der Waals surface area contributed by atoms with Crippen molar-refractivity contribution in [1.29, 1.82) is 0 Å². The molecule has 6 aliphatic rings. The van der Waals surface area contributed by atoms with E-state index < -0.39 is 0 Å². The highest BCUT2D eigenvalue weighted by Gasteiger charge is 2.11. The van der Waals surface area contributed by atoms with E-state index in [2.05, 4.69) is 97.1 Å². The summed E-state index contributed by atoms with van der Waals surface area (Å²) in [7, 11) is 0. The van der Waals surface area contributed by atoms with Gasteiger partial charge in [0.1, 0.15) is 0 Å². The van der Waals surface area contributed by atoms with Gasteiger partial charge in [-0.05, 0) is 93.5 Å². The Hall–Kier alpha value is -3.38. The lowest BCUT2D eigenvalue weighted by molar-refractivity contribution is 0.929. The smallest absolute Gasteiger partial charge is 0.00704 e. The SMILES string of the molecule is c1ccc2c(c1)ccc1c3ccc(c12)CCc1ccc(cc1)CCc1ccc(cc1)CC3. The van der Waals surface area contributed by atoms with E-state index in [-0.39, 0.29) is 0 Å². The second kappa shape index (κ2) is 8.28. The second-order valence-electron chi connectivity index (χ2n) is 9.23. The molecule has 5 aromatic rings. The van der Waals surface area contributed by atoms with E-state index in [1.165, 1.54) is 54.9 Å². The molecule has 0 aromatic heterocycles. The first-order chi connectivity index (χ1) is 15.8. The van der Waals surface area contributed by atoms with E-state index in [1.54, 1.807) is 0 Å². The third kappa shape index (κ3) is 3.71. The zero-order valence-corrected chi connectivity index (χ0v) is 18.5. The Balaban J connectivity index is 1.50. The largest absolute Gasteiger partial charge is 0.0616 e. The molecule has 0 unspecified atom stereocenters. The summed E-state index contributed by atoms with van der Waals surface area (Å²) >= 11 is 0. The van der Waals surface area contributed by atoms with Crippen LogP contribution in [0.15, 0.2) is 97.1 Å². The van der Waals surface area contributed by atoms with E-state index in [4.69, 9.17) is 0 Å². The molecule has 0 atom stereocenters. The molecule has 0 fully saturated rings. The lowest BCUT2D eigenvalue weighted by Crippen LogP contribution is -1.99. The van der Waals surface area contributed by atoms with Crippen molar-refractivity contribution in [2.45, 2.75) is 38.5 Å². The normalized spacial score (nSPS) is 14.1. The standard InChI is InChI=1S/C32H28/c1-2-4-30-27(3-1)21-22-31-28-17-15-25-11-7-23(8-12-25)5-6-24-9-13-26(14-10-24)16-18-29(20-19-28)32(30)31/h1-4,7-14,19-22H,5-6,15-18H2. The van der Waals surface area contributed by atoms with Gasteiger partial charge in [-0.15, -0.1) is 0 Å². The average Bonchev–Trinajstić information content (AvgIpc) is 2.86. The number of aryl methyl sites for hydroxylation is 6. The first-order valence-corrected chi connectivity index (χ1v) is 11.9. The number of hydrogen-bond donors (Lipinski definition) is 0. The van der Waals surface area contributed by atoms with Crippen molar-refractivity contribution in [1.82, 2.24) is 0 Å². The van der Waals surface area contributed by atoms with E-state index in [1.807, 2.05) is 0 Å². The van der Waals surface area contributed by atoms with Crippen LogP contribution in [-0.4, -0.2) is 0 Å². The minimum absolute atomic E-state index is 1.07. The first-order valence-electron chi connectivity index (χ1n) is 11.9. The quantitative estimate of drug-likeness (QED) is 0.229. The summed E-state index contributed by atoms with van der Waals surface area (Å²) in [6.07, 6.45) is 6.54. The van der Waals surface area contributed by atoms with Crippen LogP contribution in [0.25, 0.3) is 21.5 Å². The zero-order valence-electron chi connectivity index (χ0n) is 18.5. The monoisotopic (exact) mass is 412 g/mol. The summed E-state index contributed by atoms with van der Waals surface area (Å²) in [5.41, 5.74) is 8.65. The third-order valence-corrected chi connectivity index (χ3v) is 7.20. The summed E-state index contributed by atoms with van der Waals surface area (Å²) in [5.74, 6) is 0. The third-order valence-electron chi connectivity index (χ3n) is 7.20. The highest BCUT2D eigenvalue weighted by atomic mass is 14.2. The van der Waals surface area contributed by atoms with Crippen LogP contribution in [0, 0.1) is 0 Å². The fraction of sp³-hybridized carbons (Fsp3) is 0.188. The van der Waals surface area contributed by atoms with Crippen LogP contribution < -0.4 is 0 Å². The van der Waals surface area contributed by atoms with Gasteiger partial charge in [0.25, 0.3) is 0 Å². The molecule has 0 nitrogen and oxygen atoms in total. The van der Waals surface area contributed by atoms with E-state index >= 15 is 0 Å². The van der Waals surface area contributed by atoms with Gasteiger partial charge in [-0.3, -0.25) is 0 Å². The van der Waals surface area contributed by atoms with Crippen LogP contribution in [-0.2, 0) is 38.5 Å². The van der Waals surface area contributed by atoms with Gasteiger partial charge < -0.3 is 0 Å². The molecule has 0 radical (unpaired) electrons. The Morgan fingerprint density at radius 3 is 1.47 bits per heavy atom. The summed E-state index contributed by atoms with van der Waals surface area (Å²) in [4.78, 5) is 0. The highest BCUT2D eigenvalue weighted by Crippen LogP contribution is 2.32. The number of hydrogen-bond acceptors (Lipinski definition) is 0. The molecule has 0 saturated heterocycles. The fourth-order valence-electron chi connectivity index (χ4n) is 5.28. The van der Waals surface area contributed by atoms with Crippen LogP contribution in [0.3, 0.4) is 0 Å². The van der Waals surface area contributed by atoms with E-state index in [0.717, 1.165) is 38.5 Å². The Morgan fingerprint density at radius 1 is 0.344 bits per heavy atom. The summed E-state index contributed by atoms with van der Waals surface area (Å²) < 4.78 is 0. The van der Waals surface area contributed by atoms with Crippen molar-refractivity contribution in [2.75, 3.05) is 0 Å². The zero-order chi connectivity index (χ0) is 21.3. The Bertz CT molecular complexity index is 1390. The first kappa shape index (κ1) is 19.3. The molecule has 6 bridgehead atoms. The molecule has 5 aromatic carbocycles. The maximum atomic E-state index is 2.39. The number of benzene rings is 5. The van der Waals surface area contributed by atoms with Crippen LogP contribution in [0.4, 0.5) is 0 Å². The number of fused-ring (bicyclic) bond motifs is 1. The predicted molar refractivity (Wildman–Crippen MR) is 137 cm³/mol. The summed E-state index contributed by atoms with van der Waals surface area (Å²) in [6, 6.07) is 36.9. The molecule has 11 rings (SSSR count).